The van der Waals surface area contributed by atoms with Crippen LogP contribution < -0.4 is 5.32 Å². The zero-order valence-electron chi connectivity index (χ0n) is 11.6. The topological polar surface area (TPSA) is 86.7 Å². The number of nitrogens with one attached hydrogen (secondary N) is 1. The molecule has 1 aromatic heterocycles. The van der Waals surface area contributed by atoms with Gasteiger partial charge in [-0.3, -0.25) is 9.59 Å². The van der Waals surface area contributed by atoms with Gasteiger partial charge in [0.2, 0.25) is 11.8 Å². The molecule has 2 rings (SSSR count). The first-order chi connectivity index (χ1) is 10.1. The van der Waals surface area contributed by atoms with Gasteiger partial charge in [0.05, 0.1) is 13.1 Å². The van der Waals surface area contributed by atoms with Gasteiger partial charge in [-0.15, -0.1) is 11.3 Å². The van der Waals surface area contributed by atoms with Crippen LogP contribution in [-0.4, -0.2) is 40.9 Å². The Balaban J connectivity index is 1.80. The van der Waals surface area contributed by atoms with E-state index in [2.05, 4.69) is 5.32 Å². The first-order valence-corrected chi connectivity index (χ1v) is 7.74. The largest absolute Gasteiger partial charge is 0.477 e. The second-order valence-corrected chi connectivity index (χ2v) is 6.14. The van der Waals surface area contributed by atoms with Crippen LogP contribution >= 0.6 is 11.3 Å². The van der Waals surface area contributed by atoms with Crippen molar-refractivity contribution < 1.29 is 19.5 Å². The number of hydrogen-bond acceptors (Lipinski definition) is 4. The third-order valence-corrected chi connectivity index (χ3v) is 4.41. The van der Waals surface area contributed by atoms with Crippen LogP contribution in [0.5, 0.6) is 0 Å². The summed E-state index contributed by atoms with van der Waals surface area (Å²) in [5, 5.41) is 11.6. The average molecular weight is 310 g/mol. The zero-order valence-corrected chi connectivity index (χ0v) is 12.4. The summed E-state index contributed by atoms with van der Waals surface area (Å²) in [5.41, 5.74) is 0. The van der Waals surface area contributed by atoms with Crippen molar-refractivity contribution in [2.24, 2.45) is 0 Å². The van der Waals surface area contributed by atoms with Crippen molar-refractivity contribution in [1.82, 2.24) is 10.2 Å². The molecule has 0 aromatic carbocycles. The van der Waals surface area contributed by atoms with E-state index in [1.807, 2.05) is 0 Å². The maximum absolute atomic E-state index is 11.9. The number of hydrogen-bond donors (Lipinski definition) is 2. The molecule has 0 saturated carbocycles. The van der Waals surface area contributed by atoms with E-state index in [1.165, 1.54) is 6.07 Å². The maximum Gasteiger partial charge on any atom is 0.345 e. The summed E-state index contributed by atoms with van der Waals surface area (Å²) in [6.45, 7) is 1.00. The molecule has 1 saturated heterocycles. The number of likely N-dealkylation sites (tertiary alicyclic amines) is 1. The molecule has 0 bridgehead atoms. The maximum atomic E-state index is 11.9. The van der Waals surface area contributed by atoms with Crippen LogP contribution in [0.15, 0.2) is 12.1 Å². The smallest absolute Gasteiger partial charge is 0.345 e. The molecule has 6 nitrogen and oxygen atoms in total. The van der Waals surface area contributed by atoms with Gasteiger partial charge in [-0.2, -0.15) is 0 Å². The molecular formula is C14H18N2O4S. The van der Waals surface area contributed by atoms with Gasteiger partial charge in [-0.25, -0.2) is 4.79 Å². The Hall–Kier alpha value is -1.89. The predicted molar refractivity (Wildman–Crippen MR) is 78.2 cm³/mol. The van der Waals surface area contributed by atoms with Crippen LogP contribution in [0.1, 0.15) is 40.2 Å². The van der Waals surface area contributed by atoms with Crippen LogP contribution in [0.4, 0.5) is 0 Å². The van der Waals surface area contributed by atoms with Gasteiger partial charge in [0.15, 0.2) is 0 Å². The second kappa shape index (κ2) is 7.21. The van der Waals surface area contributed by atoms with E-state index >= 15 is 0 Å². The van der Waals surface area contributed by atoms with Gasteiger partial charge in [0.25, 0.3) is 0 Å². The second-order valence-electron chi connectivity index (χ2n) is 4.97. The van der Waals surface area contributed by atoms with Crippen molar-refractivity contribution in [3.05, 3.63) is 21.9 Å². The summed E-state index contributed by atoms with van der Waals surface area (Å²) in [6, 6.07) is 3.21. The number of carboxylic acid groups (broad SMARTS) is 1. The molecule has 1 fully saturated rings. The average Bonchev–Trinajstić information content (AvgIpc) is 2.84. The van der Waals surface area contributed by atoms with Crippen molar-refractivity contribution in [3.63, 3.8) is 0 Å². The van der Waals surface area contributed by atoms with Crippen molar-refractivity contribution in [3.8, 4) is 0 Å². The van der Waals surface area contributed by atoms with E-state index in [0.29, 0.717) is 19.5 Å². The number of carbonyl (C=O) groups excluding carboxylic acids is 2. The van der Waals surface area contributed by atoms with E-state index in [0.717, 1.165) is 35.5 Å². The van der Waals surface area contributed by atoms with Gasteiger partial charge in [0, 0.05) is 17.8 Å². The highest BCUT2D eigenvalue weighted by Crippen LogP contribution is 2.16. The molecule has 0 radical (unpaired) electrons. The van der Waals surface area contributed by atoms with Crippen LogP contribution in [0, 0.1) is 0 Å². The van der Waals surface area contributed by atoms with Crippen LogP contribution in [0.2, 0.25) is 0 Å². The molecule has 1 aromatic rings. The Morgan fingerprint density at radius 3 is 2.81 bits per heavy atom. The lowest BCUT2D eigenvalue weighted by molar-refractivity contribution is -0.135. The number of amides is 2. The van der Waals surface area contributed by atoms with E-state index in [1.54, 1.807) is 11.0 Å². The highest BCUT2D eigenvalue weighted by Gasteiger charge is 2.19. The number of carboxylic acids is 1. The molecule has 2 N–H and O–H groups in total. The summed E-state index contributed by atoms with van der Waals surface area (Å²) in [7, 11) is 0. The summed E-state index contributed by atoms with van der Waals surface area (Å²) in [5.74, 6) is -1.14. The fourth-order valence-electron chi connectivity index (χ4n) is 2.21. The van der Waals surface area contributed by atoms with Gasteiger partial charge in [0.1, 0.15) is 4.88 Å². The minimum absolute atomic E-state index is 0.0342. The molecule has 2 amide bonds. The normalized spacial score (nSPS) is 15.6. The van der Waals surface area contributed by atoms with E-state index in [4.69, 9.17) is 5.11 Å². The van der Waals surface area contributed by atoms with E-state index < -0.39 is 5.97 Å². The third kappa shape index (κ3) is 4.56. The molecule has 114 valence electrons. The number of carbonyl (C=O) groups is 3. The Bertz CT molecular complexity index is 541. The third-order valence-electron chi connectivity index (χ3n) is 3.34. The van der Waals surface area contributed by atoms with E-state index in [-0.39, 0.29) is 23.2 Å². The first-order valence-electron chi connectivity index (χ1n) is 6.93. The standard InChI is InChI=1S/C14H18N2O4S/c17-12(9-16-7-3-1-2-4-13(16)18)15-8-10-5-6-11(21-10)14(19)20/h5-6H,1-4,7-9H2,(H,15,17)(H,19,20). The molecule has 0 atom stereocenters. The lowest BCUT2D eigenvalue weighted by atomic mass is 10.2. The van der Waals surface area contributed by atoms with Crippen molar-refractivity contribution in [2.75, 3.05) is 13.1 Å². The summed E-state index contributed by atoms with van der Waals surface area (Å²) in [6.07, 6.45) is 3.37. The van der Waals surface area contributed by atoms with Crippen molar-refractivity contribution in [2.45, 2.75) is 32.2 Å². The predicted octanol–water partition coefficient (Wildman–Crippen LogP) is 1.47. The summed E-state index contributed by atoms with van der Waals surface area (Å²) >= 11 is 1.14. The monoisotopic (exact) mass is 310 g/mol. The SMILES string of the molecule is O=C(CN1CCCCCC1=O)NCc1ccc(C(=O)O)s1. The number of thiophene rings is 1. The van der Waals surface area contributed by atoms with E-state index in [9.17, 15) is 14.4 Å². The lowest BCUT2D eigenvalue weighted by Crippen LogP contribution is -2.40. The first kappa shape index (κ1) is 15.5. The molecule has 0 aliphatic carbocycles. The molecule has 21 heavy (non-hydrogen) atoms. The quantitative estimate of drug-likeness (QED) is 0.862. The van der Waals surface area contributed by atoms with Crippen molar-refractivity contribution in [1.29, 1.82) is 0 Å². The minimum Gasteiger partial charge on any atom is -0.477 e. The van der Waals surface area contributed by atoms with Crippen molar-refractivity contribution >= 4 is 29.1 Å². The Morgan fingerprint density at radius 2 is 2.10 bits per heavy atom. The number of rotatable bonds is 5. The molecular weight excluding hydrogens is 292 g/mol. The Kier molecular flexibility index (Phi) is 5.32. The Morgan fingerprint density at radius 1 is 1.29 bits per heavy atom. The minimum atomic E-state index is -0.965. The highest BCUT2D eigenvalue weighted by atomic mass is 32.1. The number of nitrogens with zero attached hydrogens (tertiary/aromatic N) is 1. The van der Waals surface area contributed by atoms with Gasteiger partial charge in [-0.05, 0) is 25.0 Å². The fourth-order valence-corrected chi connectivity index (χ4v) is 2.99. The van der Waals surface area contributed by atoms with Crippen LogP contribution in [0.25, 0.3) is 0 Å². The molecule has 0 unspecified atom stereocenters. The Labute approximate surface area is 126 Å². The summed E-state index contributed by atoms with van der Waals surface area (Å²) in [4.78, 5) is 37.0. The molecule has 0 spiro atoms. The van der Waals surface area contributed by atoms with Crippen LogP contribution in [-0.2, 0) is 16.1 Å². The molecule has 2 heterocycles. The fraction of sp³-hybridized carbons (Fsp3) is 0.500. The highest BCUT2D eigenvalue weighted by molar-refractivity contribution is 7.13. The van der Waals surface area contributed by atoms with Crippen LogP contribution in [0.3, 0.4) is 0 Å². The molecule has 1 aliphatic rings. The van der Waals surface area contributed by atoms with Gasteiger partial charge < -0.3 is 15.3 Å². The number of aromatic carboxylic acids is 1. The van der Waals surface area contributed by atoms with Gasteiger partial charge in [-0.1, -0.05) is 6.42 Å². The molecule has 7 heteroatoms. The summed E-state index contributed by atoms with van der Waals surface area (Å²) < 4.78 is 0. The lowest BCUT2D eigenvalue weighted by Gasteiger charge is -2.19. The zero-order chi connectivity index (χ0) is 15.2. The molecule has 1 aliphatic heterocycles. The van der Waals surface area contributed by atoms with Gasteiger partial charge >= 0.3 is 5.97 Å².